The van der Waals surface area contributed by atoms with Crippen molar-refractivity contribution in [1.82, 2.24) is 10.6 Å². The fraction of sp³-hybridized carbons (Fsp3) is 0.467. The minimum atomic E-state index is -0.633. The van der Waals surface area contributed by atoms with Crippen LogP contribution in [0.15, 0.2) is 24.3 Å². The topological polar surface area (TPSA) is 78.4 Å². The Bertz CT molecular complexity index is 492. The highest BCUT2D eigenvalue weighted by molar-refractivity contribution is 5.96. The maximum Gasteiger partial charge on any atom is 0.254 e. The van der Waals surface area contributed by atoms with Gasteiger partial charge >= 0.3 is 0 Å². The Kier molecular flexibility index (Phi) is 6.81. The van der Waals surface area contributed by atoms with Crippen LogP contribution < -0.4 is 10.6 Å². The Labute approximate surface area is 123 Å². The molecule has 6 heteroatoms. The first kappa shape index (κ1) is 17.1. The molecule has 0 saturated heterocycles. The SMILES string of the molecule is CC(C)C(CCO)NC(=O)CNC(=O)c1ccccc1F. The van der Waals surface area contributed by atoms with Crippen molar-refractivity contribution in [1.29, 1.82) is 0 Å². The lowest BCUT2D eigenvalue weighted by Crippen LogP contribution is -2.44. The number of aliphatic hydroxyl groups is 1. The molecule has 1 unspecified atom stereocenters. The fourth-order valence-electron chi connectivity index (χ4n) is 1.87. The number of carbonyl (C=O) groups is 2. The highest BCUT2D eigenvalue weighted by Crippen LogP contribution is 2.06. The third-order valence-corrected chi connectivity index (χ3v) is 3.12. The van der Waals surface area contributed by atoms with Crippen LogP contribution in [0.4, 0.5) is 4.39 Å². The third kappa shape index (κ3) is 5.51. The Morgan fingerprint density at radius 2 is 1.95 bits per heavy atom. The number of rotatable bonds is 7. The van der Waals surface area contributed by atoms with Crippen LogP contribution in [-0.2, 0) is 4.79 Å². The molecule has 1 atom stereocenters. The number of carbonyl (C=O) groups excluding carboxylic acids is 2. The van der Waals surface area contributed by atoms with Gasteiger partial charge in [0.05, 0.1) is 12.1 Å². The Balaban J connectivity index is 2.49. The number of nitrogens with one attached hydrogen (secondary N) is 2. The molecule has 0 aliphatic carbocycles. The summed E-state index contributed by atoms with van der Waals surface area (Å²) in [6.07, 6.45) is 0.449. The lowest BCUT2D eigenvalue weighted by molar-refractivity contribution is -0.121. The van der Waals surface area contributed by atoms with Gasteiger partial charge in [-0.25, -0.2) is 4.39 Å². The van der Waals surface area contributed by atoms with Gasteiger partial charge in [0.25, 0.3) is 5.91 Å². The molecule has 2 amide bonds. The smallest absolute Gasteiger partial charge is 0.254 e. The van der Waals surface area contributed by atoms with E-state index in [2.05, 4.69) is 10.6 Å². The fourth-order valence-corrected chi connectivity index (χ4v) is 1.87. The number of hydrogen-bond acceptors (Lipinski definition) is 3. The van der Waals surface area contributed by atoms with Crippen molar-refractivity contribution < 1.29 is 19.1 Å². The Morgan fingerprint density at radius 3 is 2.52 bits per heavy atom. The highest BCUT2D eigenvalue weighted by Gasteiger charge is 2.17. The van der Waals surface area contributed by atoms with Gasteiger partial charge in [-0.2, -0.15) is 0 Å². The standard InChI is InChI=1S/C15H21FN2O3/c1-10(2)13(7-8-19)18-14(20)9-17-15(21)11-5-3-4-6-12(11)16/h3-6,10,13,19H,7-9H2,1-2H3,(H,17,21)(H,18,20). The molecule has 0 aliphatic heterocycles. The number of amides is 2. The van der Waals surface area contributed by atoms with E-state index in [4.69, 9.17) is 5.11 Å². The molecule has 116 valence electrons. The molecule has 5 nitrogen and oxygen atoms in total. The predicted octanol–water partition coefficient (Wildman–Crippen LogP) is 1.08. The van der Waals surface area contributed by atoms with Crippen LogP contribution >= 0.6 is 0 Å². The second kappa shape index (κ2) is 8.36. The van der Waals surface area contributed by atoms with Crippen LogP contribution in [0.5, 0.6) is 0 Å². The van der Waals surface area contributed by atoms with Crippen molar-refractivity contribution >= 4 is 11.8 Å². The minimum absolute atomic E-state index is 0.0231. The molecule has 0 bridgehead atoms. The molecule has 0 spiro atoms. The van der Waals surface area contributed by atoms with E-state index in [0.717, 1.165) is 0 Å². The number of hydrogen-bond donors (Lipinski definition) is 3. The van der Waals surface area contributed by atoms with Crippen molar-refractivity contribution in [3.05, 3.63) is 35.6 Å². The lowest BCUT2D eigenvalue weighted by atomic mass is 10.0. The zero-order valence-electron chi connectivity index (χ0n) is 12.2. The number of halogens is 1. The van der Waals surface area contributed by atoms with Crippen LogP contribution in [0.1, 0.15) is 30.6 Å². The van der Waals surface area contributed by atoms with Gasteiger partial charge in [0.2, 0.25) is 5.91 Å². The van der Waals surface area contributed by atoms with Crippen molar-refractivity contribution in [2.45, 2.75) is 26.3 Å². The summed E-state index contributed by atoms with van der Waals surface area (Å²) >= 11 is 0. The quantitative estimate of drug-likeness (QED) is 0.704. The van der Waals surface area contributed by atoms with E-state index in [-0.39, 0.29) is 36.6 Å². The Hall–Kier alpha value is -1.95. The Morgan fingerprint density at radius 1 is 1.29 bits per heavy atom. The molecule has 0 radical (unpaired) electrons. The lowest BCUT2D eigenvalue weighted by Gasteiger charge is -2.21. The van der Waals surface area contributed by atoms with Gasteiger partial charge in [0.15, 0.2) is 0 Å². The number of aliphatic hydroxyl groups excluding tert-OH is 1. The van der Waals surface area contributed by atoms with Crippen molar-refractivity contribution in [3.63, 3.8) is 0 Å². The van der Waals surface area contributed by atoms with Gasteiger partial charge in [-0.3, -0.25) is 9.59 Å². The summed E-state index contributed by atoms with van der Waals surface area (Å²) in [4.78, 5) is 23.5. The predicted molar refractivity (Wildman–Crippen MR) is 77.2 cm³/mol. The van der Waals surface area contributed by atoms with Crippen LogP contribution in [0.25, 0.3) is 0 Å². The molecule has 1 aromatic carbocycles. The monoisotopic (exact) mass is 296 g/mol. The van der Waals surface area contributed by atoms with Crippen molar-refractivity contribution in [3.8, 4) is 0 Å². The van der Waals surface area contributed by atoms with E-state index in [1.54, 1.807) is 6.07 Å². The van der Waals surface area contributed by atoms with E-state index < -0.39 is 11.7 Å². The van der Waals surface area contributed by atoms with Crippen LogP contribution in [0, 0.1) is 11.7 Å². The molecule has 0 fully saturated rings. The summed E-state index contributed by atoms with van der Waals surface area (Å²) in [7, 11) is 0. The van der Waals surface area contributed by atoms with E-state index in [1.165, 1.54) is 18.2 Å². The molecule has 0 heterocycles. The van der Waals surface area contributed by atoms with Gasteiger partial charge in [0.1, 0.15) is 5.82 Å². The first-order chi connectivity index (χ1) is 9.95. The number of benzene rings is 1. The maximum absolute atomic E-state index is 13.4. The molecule has 1 aromatic rings. The second-order valence-electron chi connectivity index (χ2n) is 5.09. The highest BCUT2D eigenvalue weighted by atomic mass is 19.1. The summed E-state index contributed by atoms with van der Waals surface area (Å²) < 4.78 is 13.4. The average molecular weight is 296 g/mol. The minimum Gasteiger partial charge on any atom is -0.396 e. The summed E-state index contributed by atoms with van der Waals surface area (Å²) in [5.41, 5.74) is -0.0962. The molecule has 21 heavy (non-hydrogen) atoms. The van der Waals surface area contributed by atoms with Gasteiger partial charge < -0.3 is 15.7 Å². The molecular formula is C15H21FN2O3. The zero-order valence-corrected chi connectivity index (χ0v) is 12.2. The second-order valence-corrected chi connectivity index (χ2v) is 5.09. The molecular weight excluding hydrogens is 275 g/mol. The van der Waals surface area contributed by atoms with E-state index in [0.29, 0.717) is 6.42 Å². The summed E-state index contributed by atoms with van der Waals surface area (Å²) in [6.45, 7) is 3.60. The molecule has 0 saturated carbocycles. The van der Waals surface area contributed by atoms with Gasteiger partial charge in [-0.15, -0.1) is 0 Å². The van der Waals surface area contributed by atoms with E-state index in [9.17, 15) is 14.0 Å². The summed E-state index contributed by atoms with van der Waals surface area (Å²) in [6, 6.07) is 5.42. The average Bonchev–Trinajstić information content (AvgIpc) is 2.44. The largest absolute Gasteiger partial charge is 0.396 e. The normalized spacial score (nSPS) is 12.0. The van der Waals surface area contributed by atoms with Crippen LogP contribution in [0.2, 0.25) is 0 Å². The first-order valence-corrected chi connectivity index (χ1v) is 6.88. The van der Waals surface area contributed by atoms with Gasteiger partial charge in [-0.05, 0) is 24.5 Å². The van der Waals surface area contributed by atoms with Crippen LogP contribution in [-0.4, -0.2) is 36.1 Å². The summed E-state index contributed by atoms with van der Waals surface area (Å²) in [5.74, 6) is -1.46. The molecule has 0 aliphatic rings. The molecule has 0 aromatic heterocycles. The summed E-state index contributed by atoms with van der Waals surface area (Å²) in [5, 5.41) is 14.0. The van der Waals surface area contributed by atoms with Gasteiger partial charge in [-0.1, -0.05) is 26.0 Å². The van der Waals surface area contributed by atoms with E-state index in [1.807, 2.05) is 13.8 Å². The zero-order chi connectivity index (χ0) is 15.8. The first-order valence-electron chi connectivity index (χ1n) is 6.88. The van der Waals surface area contributed by atoms with Gasteiger partial charge in [0, 0.05) is 12.6 Å². The maximum atomic E-state index is 13.4. The molecule has 3 N–H and O–H groups in total. The van der Waals surface area contributed by atoms with E-state index >= 15 is 0 Å². The van der Waals surface area contributed by atoms with Crippen molar-refractivity contribution in [2.24, 2.45) is 5.92 Å². The molecule has 1 rings (SSSR count). The van der Waals surface area contributed by atoms with Crippen molar-refractivity contribution in [2.75, 3.05) is 13.2 Å². The van der Waals surface area contributed by atoms with Crippen LogP contribution in [0.3, 0.4) is 0 Å². The third-order valence-electron chi connectivity index (χ3n) is 3.12.